The molecular formula is C106H86ClN33O4. The summed E-state index contributed by atoms with van der Waals surface area (Å²) in [4.78, 5) is 132. The number of nitrogen functional groups attached to an aromatic ring is 4. The van der Waals surface area contributed by atoms with Crippen LogP contribution in [0.4, 0.5) is 47.1 Å². The molecule has 38 heteroatoms. The molecule has 0 aliphatic rings. The van der Waals surface area contributed by atoms with Crippen LogP contribution >= 0.6 is 11.6 Å². The summed E-state index contributed by atoms with van der Waals surface area (Å²) < 4.78 is 8.19. The lowest BCUT2D eigenvalue weighted by molar-refractivity contribution is 0.732. The predicted molar refractivity (Wildman–Crippen MR) is 561 cm³/mol. The van der Waals surface area contributed by atoms with Crippen molar-refractivity contribution in [3.05, 3.63) is 392 Å². The Labute approximate surface area is 822 Å². The van der Waals surface area contributed by atoms with E-state index in [0.29, 0.717) is 162 Å². The number of fused-ring (bicyclic) bond motifs is 8. The molecule has 15 aromatic heterocycles. The quantitative estimate of drug-likeness (QED) is 0.0373. The van der Waals surface area contributed by atoms with Crippen molar-refractivity contribution in [1.82, 2.24) is 123 Å². The average Bonchev–Trinajstić information content (AvgIpc) is 1.19. The van der Waals surface area contributed by atoms with E-state index in [9.17, 15) is 19.2 Å². The number of aryl methyl sites for hydroxylation is 2. The number of anilines is 8. The third kappa shape index (κ3) is 18.6. The molecule has 0 spiro atoms. The van der Waals surface area contributed by atoms with E-state index in [-0.39, 0.29) is 46.0 Å². The van der Waals surface area contributed by atoms with E-state index >= 15 is 0 Å². The molecule has 0 fully saturated rings. The highest BCUT2D eigenvalue weighted by molar-refractivity contribution is 6.35. The Kier molecular flexibility index (Phi) is 25.5. The van der Waals surface area contributed by atoms with E-state index in [1.54, 1.807) is 115 Å². The molecule has 0 amide bonds. The molecule has 23 rings (SSSR count). The first-order valence-electron chi connectivity index (χ1n) is 45.5. The number of nitrogens with zero attached hydrogens (tertiary/aromatic N) is 25. The van der Waals surface area contributed by atoms with Gasteiger partial charge in [0.15, 0.2) is 23.3 Å². The summed E-state index contributed by atoms with van der Waals surface area (Å²) in [5.74, 6) is 4.41. The van der Waals surface area contributed by atoms with Gasteiger partial charge in [0.2, 0.25) is 23.8 Å². The van der Waals surface area contributed by atoms with Gasteiger partial charge < -0.3 is 44.2 Å². The lowest BCUT2D eigenvalue weighted by atomic mass is 10.0. The molecule has 12 N–H and O–H groups in total. The highest BCUT2D eigenvalue weighted by atomic mass is 35.5. The standard InChI is InChI=1S/C29H24N8O.C27H23N9O.C27H21N9O.C23H18ClN7O/c1-17-16-19(13-15-31-17)21-10-6-11-22-24(21)28(38)37(20-8-4-3-5-9-20)27(34-22)18(2)33-26-25-23(12-7-14-32-25)35-29(30)36-26;1-16(31-24-23-21(12-7-13-29-23)33-27(28)34-24)25-32-20-11-6-10-19(17-14-30-35(2)15-17)22(20)26(37)36(25)18-8-4-3-5-9-18;1-16(32-24-23-21(11-6-13-29-23)34-27(28)35-24)25-33-20-10-5-9-19(17-12-14-30-31-15-17)22(20)26(37)36(25)18-7-3-2-4-8-18;1-13(27-20-19-17(11-6-12-26-19)29-23(25)30-20)21-28-16-10-5-9-15(24)18(16)22(32)31(21)14-7-3-2-4-8-14/h3-16,18H,1-2H3,(H3,30,33,35,36);3-16H,1-2H3,(H3,28,31,33,34);2-16H,1H3,(H3,28,32,34,35);2-13H,1H3,(H3,25,27,29,30)/t18-;2*16-;13-/m0000/s1. The molecule has 37 nitrogen and oxygen atoms in total. The van der Waals surface area contributed by atoms with Crippen molar-refractivity contribution in [2.45, 2.75) is 58.8 Å². The Morgan fingerprint density at radius 3 is 0.917 bits per heavy atom. The van der Waals surface area contributed by atoms with E-state index in [2.05, 4.69) is 101 Å². The summed E-state index contributed by atoms with van der Waals surface area (Å²) in [5.41, 5.74) is 38.6. The second-order valence-corrected chi connectivity index (χ2v) is 33.8. The Morgan fingerprint density at radius 1 is 0.292 bits per heavy atom. The van der Waals surface area contributed by atoms with Gasteiger partial charge >= 0.3 is 0 Å². The molecule has 0 aliphatic heterocycles. The van der Waals surface area contributed by atoms with Crippen molar-refractivity contribution in [3.8, 4) is 56.1 Å². The minimum atomic E-state index is -0.442. The zero-order valence-electron chi connectivity index (χ0n) is 77.8. The lowest BCUT2D eigenvalue weighted by Crippen LogP contribution is -2.28. The van der Waals surface area contributed by atoms with E-state index in [0.717, 1.165) is 39.1 Å². The van der Waals surface area contributed by atoms with Gasteiger partial charge in [0.25, 0.3) is 22.2 Å². The van der Waals surface area contributed by atoms with Gasteiger partial charge in [-0.05, 0) is 202 Å². The highest BCUT2D eigenvalue weighted by Gasteiger charge is 2.29. The van der Waals surface area contributed by atoms with Crippen LogP contribution in [0.5, 0.6) is 0 Å². The minimum absolute atomic E-state index is 0.123. The second kappa shape index (κ2) is 39.9. The van der Waals surface area contributed by atoms with Crippen LogP contribution in [-0.4, -0.2) is 123 Å². The molecule has 0 unspecified atom stereocenters. The molecule has 144 heavy (non-hydrogen) atoms. The highest BCUT2D eigenvalue weighted by Crippen LogP contribution is 2.37. The molecule has 0 bridgehead atoms. The van der Waals surface area contributed by atoms with Crippen molar-refractivity contribution in [2.75, 3.05) is 44.2 Å². The number of halogens is 1. The number of hydrogen-bond donors (Lipinski definition) is 8. The molecule has 8 aromatic carbocycles. The first kappa shape index (κ1) is 92.1. The zero-order chi connectivity index (χ0) is 99.3. The van der Waals surface area contributed by atoms with Gasteiger partial charge in [-0.2, -0.15) is 35.2 Å². The number of hydrogen-bond acceptors (Lipinski definition) is 32. The van der Waals surface area contributed by atoms with Crippen molar-refractivity contribution >= 4 is 146 Å². The average molecular weight is 1920 g/mol. The fourth-order valence-electron chi connectivity index (χ4n) is 17.3. The summed E-state index contributed by atoms with van der Waals surface area (Å²) >= 11 is 6.36. The third-order valence-electron chi connectivity index (χ3n) is 23.7. The maximum Gasteiger partial charge on any atom is 0.267 e. The van der Waals surface area contributed by atoms with Crippen molar-refractivity contribution in [3.63, 3.8) is 0 Å². The largest absolute Gasteiger partial charge is 0.368 e. The van der Waals surface area contributed by atoms with Crippen LogP contribution in [0.25, 0.3) is 144 Å². The van der Waals surface area contributed by atoms with E-state index < -0.39 is 24.2 Å². The van der Waals surface area contributed by atoms with Gasteiger partial charge in [-0.15, -0.1) is 0 Å². The Morgan fingerprint density at radius 2 is 0.597 bits per heavy atom. The number of nitrogens with two attached hydrogens (primary N) is 4. The molecule has 706 valence electrons. The van der Waals surface area contributed by atoms with Crippen molar-refractivity contribution in [2.24, 2.45) is 7.05 Å². The van der Waals surface area contributed by atoms with Crippen molar-refractivity contribution in [1.29, 1.82) is 0 Å². The smallest absolute Gasteiger partial charge is 0.267 e. The minimum Gasteiger partial charge on any atom is -0.368 e. The monoisotopic (exact) mass is 1920 g/mol. The number of benzene rings is 8. The van der Waals surface area contributed by atoms with Crippen LogP contribution in [0.3, 0.4) is 0 Å². The molecule has 0 radical (unpaired) electrons. The maximum absolute atomic E-state index is 14.3. The molecule has 23 aromatic rings. The van der Waals surface area contributed by atoms with Crippen LogP contribution < -0.4 is 66.4 Å². The molecule has 0 aliphatic carbocycles. The maximum atomic E-state index is 14.3. The van der Waals surface area contributed by atoms with Gasteiger partial charge in [-0.3, -0.25) is 67.0 Å². The summed E-state index contributed by atoms with van der Waals surface area (Å²) in [6.07, 6.45) is 15.3. The van der Waals surface area contributed by atoms with Gasteiger partial charge in [-0.1, -0.05) is 127 Å². The molecule has 15 heterocycles. The predicted octanol–water partition coefficient (Wildman–Crippen LogP) is 16.8. The Hall–Kier alpha value is -19.6. The number of para-hydroxylation sites is 4. The first-order valence-corrected chi connectivity index (χ1v) is 45.9. The molecule has 0 saturated heterocycles. The number of aromatic nitrogens is 25. The molecule has 4 atom stereocenters. The number of pyridine rings is 5. The normalized spacial score (nSPS) is 12.1. The second-order valence-electron chi connectivity index (χ2n) is 33.4. The van der Waals surface area contributed by atoms with Gasteiger partial charge in [-0.25, -0.2) is 39.9 Å². The topological polar surface area (TPSA) is 503 Å². The number of nitrogens with one attached hydrogen (secondary N) is 4. The Balaban J connectivity index is 0.000000117. The molecular weight excluding hydrogens is 1830 g/mol. The summed E-state index contributed by atoms with van der Waals surface area (Å²) in [5, 5.41) is 27.8. The first-order chi connectivity index (χ1) is 70.1. The van der Waals surface area contributed by atoms with E-state index in [1.807, 2.05) is 266 Å². The molecule has 0 saturated carbocycles. The van der Waals surface area contributed by atoms with Crippen LogP contribution in [0.2, 0.25) is 5.02 Å². The fourth-order valence-corrected chi connectivity index (χ4v) is 17.5. The van der Waals surface area contributed by atoms with Crippen LogP contribution in [-0.2, 0) is 7.05 Å². The summed E-state index contributed by atoms with van der Waals surface area (Å²) in [6, 6.07) is 78.3. The van der Waals surface area contributed by atoms with E-state index in [1.165, 1.54) is 0 Å². The summed E-state index contributed by atoms with van der Waals surface area (Å²) in [7, 11) is 1.85. The van der Waals surface area contributed by atoms with E-state index in [4.69, 9.17) is 54.5 Å². The third-order valence-corrected chi connectivity index (χ3v) is 24.0. The van der Waals surface area contributed by atoms with Gasteiger partial charge in [0, 0.05) is 61.0 Å². The van der Waals surface area contributed by atoms with Crippen molar-refractivity contribution < 1.29 is 0 Å². The van der Waals surface area contributed by atoms with Crippen LogP contribution in [0.15, 0.2) is 336 Å². The SMILES string of the molecule is C[C@H](Nc1nc(N)nc2cccnc12)c1nc2cccc(-c3ccnnc3)c2c(=O)n1-c1ccccc1.C[C@H](Nc1nc(N)nc2cccnc12)c1nc2cccc(-c3cnn(C)c3)c2c(=O)n1-c1ccccc1.C[C@H](Nc1nc(N)nc2cccnc12)c1nc2cccc(Cl)c2c(=O)n1-c1ccccc1.Cc1cc(-c2cccc3nc([C@H](C)Nc4nc(N)nc5cccnc45)n(-c4ccccc4)c(=O)c23)ccn1. The van der Waals surface area contributed by atoms with Gasteiger partial charge in [0.1, 0.15) is 45.4 Å². The Bertz CT molecular complexity index is 9110. The summed E-state index contributed by atoms with van der Waals surface area (Å²) in [6.45, 7) is 9.59. The zero-order valence-corrected chi connectivity index (χ0v) is 78.6. The lowest BCUT2D eigenvalue weighted by Gasteiger charge is -2.21. The van der Waals surface area contributed by atoms with Crippen LogP contribution in [0, 0.1) is 6.92 Å². The van der Waals surface area contributed by atoms with Gasteiger partial charge in [0.05, 0.1) is 136 Å². The van der Waals surface area contributed by atoms with Crippen LogP contribution in [0.1, 0.15) is 80.9 Å². The number of rotatable bonds is 19. The fraction of sp³-hybridized carbons (Fsp3) is 0.0943.